The molecule has 2 N–H and O–H groups in total. The highest BCUT2D eigenvalue weighted by Crippen LogP contribution is 2.30. The molecule has 0 aromatic heterocycles. The van der Waals surface area contributed by atoms with Gasteiger partial charge in [0.25, 0.3) is 5.91 Å². The number of hydrogen-bond donors (Lipinski definition) is 1. The van der Waals surface area contributed by atoms with E-state index in [-0.39, 0.29) is 5.92 Å². The molecule has 0 radical (unpaired) electrons. The van der Waals surface area contributed by atoms with Crippen LogP contribution in [0, 0.1) is 5.92 Å². The van der Waals surface area contributed by atoms with Crippen LogP contribution in [0.4, 0.5) is 0 Å². The lowest BCUT2D eigenvalue weighted by atomic mass is 9.82. The molecule has 0 bridgehead atoms. The molecule has 0 aliphatic heterocycles. The lowest BCUT2D eigenvalue weighted by Crippen LogP contribution is -2.52. The van der Waals surface area contributed by atoms with Crippen molar-refractivity contribution in [3.8, 4) is 0 Å². The van der Waals surface area contributed by atoms with Crippen molar-refractivity contribution in [2.45, 2.75) is 97.0 Å². The summed E-state index contributed by atoms with van der Waals surface area (Å²) in [5.74, 6) is -1.28. The fourth-order valence-corrected chi connectivity index (χ4v) is 3.26. The van der Waals surface area contributed by atoms with Crippen LogP contribution in [-0.2, 0) is 14.3 Å². The second-order valence-corrected chi connectivity index (χ2v) is 7.09. The zero-order valence-electron chi connectivity index (χ0n) is 17.1. The van der Waals surface area contributed by atoms with Crippen LogP contribution >= 0.6 is 0 Å². The molecule has 0 aliphatic carbocycles. The normalized spacial score (nSPS) is 14.7. The van der Waals surface area contributed by atoms with Crippen molar-refractivity contribution in [3.05, 3.63) is 24.8 Å². The fraction of sp³-hybridized carbons (Fsp3) is 0.727. The van der Waals surface area contributed by atoms with Crippen LogP contribution in [0.1, 0.15) is 91.4 Å². The molecule has 0 aliphatic rings. The molecular formula is C22H39NO3. The summed E-state index contributed by atoms with van der Waals surface area (Å²) >= 11 is 0. The second kappa shape index (κ2) is 14.6. The van der Waals surface area contributed by atoms with Crippen LogP contribution in [0.5, 0.6) is 0 Å². The van der Waals surface area contributed by atoms with Crippen molar-refractivity contribution < 1.29 is 14.3 Å². The molecule has 4 heteroatoms. The molecule has 0 saturated carbocycles. The van der Waals surface area contributed by atoms with E-state index >= 15 is 0 Å². The number of primary amides is 1. The highest BCUT2D eigenvalue weighted by Gasteiger charge is 2.43. The van der Waals surface area contributed by atoms with Crippen LogP contribution in [0.25, 0.3) is 0 Å². The Labute approximate surface area is 160 Å². The quantitative estimate of drug-likeness (QED) is 0.171. The van der Waals surface area contributed by atoms with E-state index in [1.807, 2.05) is 13.8 Å². The van der Waals surface area contributed by atoms with E-state index in [4.69, 9.17) is 10.5 Å². The molecule has 0 fully saturated rings. The Kier molecular flexibility index (Phi) is 13.7. The number of carbonyl (C=O) groups excluding carboxylic acids is 2. The van der Waals surface area contributed by atoms with Gasteiger partial charge in [0, 0.05) is 12.0 Å². The number of unbranched alkanes of at least 4 members (excludes halogenated alkanes) is 7. The van der Waals surface area contributed by atoms with Gasteiger partial charge < -0.3 is 10.5 Å². The number of hydrogen-bond acceptors (Lipinski definition) is 3. The molecule has 2 unspecified atom stereocenters. The molecule has 0 saturated heterocycles. The highest BCUT2D eigenvalue weighted by atomic mass is 16.6. The molecule has 1 amide bonds. The van der Waals surface area contributed by atoms with Gasteiger partial charge in [0.2, 0.25) is 0 Å². The Morgan fingerprint density at radius 2 is 1.62 bits per heavy atom. The fourth-order valence-electron chi connectivity index (χ4n) is 3.26. The van der Waals surface area contributed by atoms with E-state index in [2.05, 4.69) is 25.7 Å². The third-order valence-electron chi connectivity index (χ3n) is 5.09. The maximum absolute atomic E-state index is 11.9. The smallest absolute Gasteiger partial charge is 0.331 e. The Morgan fingerprint density at radius 1 is 1.04 bits per heavy atom. The minimum absolute atomic E-state index is 0.108. The molecule has 0 spiro atoms. The van der Waals surface area contributed by atoms with Gasteiger partial charge >= 0.3 is 5.97 Å². The second-order valence-electron chi connectivity index (χ2n) is 7.09. The van der Waals surface area contributed by atoms with Gasteiger partial charge in [-0.1, -0.05) is 71.6 Å². The highest BCUT2D eigenvalue weighted by molar-refractivity contribution is 5.89. The first kappa shape index (κ1) is 24.4. The maximum Gasteiger partial charge on any atom is 0.331 e. The molecule has 2 atom stereocenters. The number of amides is 1. The van der Waals surface area contributed by atoms with Gasteiger partial charge in [-0.25, -0.2) is 4.79 Å². The molecule has 0 aromatic rings. The molecule has 150 valence electrons. The lowest BCUT2D eigenvalue weighted by molar-refractivity contribution is -0.169. The third-order valence-corrected chi connectivity index (χ3v) is 5.09. The van der Waals surface area contributed by atoms with E-state index in [9.17, 15) is 9.59 Å². The van der Waals surface area contributed by atoms with E-state index in [1.54, 1.807) is 0 Å². The van der Waals surface area contributed by atoms with Gasteiger partial charge in [-0.3, -0.25) is 4.79 Å². The summed E-state index contributed by atoms with van der Waals surface area (Å²) in [5.41, 5.74) is 4.32. The zero-order valence-corrected chi connectivity index (χ0v) is 17.1. The molecule has 0 heterocycles. The average molecular weight is 366 g/mol. The van der Waals surface area contributed by atoms with Crippen LogP contribution in [-0.4, -0.2) is 17.5 Å². The van der Waals surface area contributed by atoms with E-state index in [1.165, 1.54) is 32.1 Å². The molecular weight excluding hydrogens is 326 g/mol. The lowest BCUT2D eigenvalue weighted by Gasteiger charge is -2.34. The topological polar surface area (TPSA) is 69.4 Å². The third kappa shape index (κ3) is 9.21. The van der Waals surface area contributed by atoms with Crippen molar-refractivity contribution in [2.24, 2.45) is 11.7 Å². The molecule has 4 nitrogen and oxygen atoms in total. The first-order chi connectivity index (χ1) is 12.4. The summed E-state index contributed by atoms with van der Waals surface area (Å²) in [6.45, 7) is 9.38. The van der Waals surface area contributed by atoms with Crippen molar-refractivity contribution >= 4 is 11.9 Å². The largest absolute Gasteiger partial charge is 0.446 e. The monoisotopic (exact) mass is 365 g/mol. The van der Waals surface area contributed by atoms with Gasteiger partial charge in [-0.05, 0) is 38.5 Å². The molecule has 0 aromatic carbocycles. The van der Waals surface area contributed by atoms with Gasteiger partial charge in [-0.15, -0.1) is 0 Å². The Hall–Kier alpha value is -1.58. The summed E-state index contributed by atoms with van der Waals surface area (Å²) in [4.78, 5) is 23.5. The summed E-state index contributed by atoms with van der Waals surface area (Å²) in [6, 6.07) is 0. The van der Waals surface area contributed by atoms with Gasteiger partial charge in [0.1, 0.15) is 0 Å². The number of ether oxygens (including phenoxy) is 1. The SMILES string of the molecule is C=CC(=O)OC(CC)(C(N)=O)C(C)CCCCC/C=C\CCCCCC. The first-order valence-electron chi connectivity index (χ1n) is 10.2. The van der Waals surface area contributed by atoms with Crippen molar-refractivity contribution in [3.63, 3.8) is 0 Å². The number of esters is 1. The van der Waals surface area contributed by atoms with Crippen molar-refractivity contribution in [1.82, 2.24) is 0 Å². The van der Waals surface area contributed by atoms with E-state index in [0.29, 0.717) is 6.42 Å². The summed E-state index contributed by atoms with van der Waals surface area (Å²) in [5, 5.41) is 0. The minimum Gasteiger partial charge on any atom is -0.446 e. The number of carbonyl (C=O) groups is 2. The summed E-state index contributed by atoms with van der Waals surface area (Å²) in [6.07, 6.45) is 17.6. The Balaban J connectivity index is 4.15. The number of rotatable bonds is 16. The van der Waals surface area contributed by atoms with Crippen LogP contribution < -0.4 is 5.73 Å². The number of nitrogens with two attached hydrogens (primary N) is 1. The minimum atomic E-state index is -1.23. The van der Waals surface area contributed by atoms with Crippen molar-refractivity contribution in [1.29, 1.82) is 0 Å². The zero-order chi connectivity index (χ0) is 19.8. The van der Waals surface area contributed by atoms with Crippen LogP contribution in [0.3, 0.4) is 0 Å². The number of allylic oxidation sites excluding steroid dienone is 2. The Morgan fingerprint density at radius 3 is 2.08 bits per heavy atom. The van der Waals surface area contributed by atoms with Gasteiger partial charge in [0.15, 0.2) is 5.60 Å². The van der Waals surface area contributed by atoms with E-state index in [0.717, 1.165) is 38.2 Å². The average Bonchev–Trinajstić information content (AvgIpc) is 2.63. The predicted molar refractivity (Wildman–Crippen MR) is 109 cm³/mol. The molecule has 26 heavy (non-hydrogen) atoms. The van der Waals surface area contributed by atoms with Gasteiger partial charge in [-0.2, -0.15) is 0 Å². The summed E-state index contributed by atoms with van der Waals surface area (Å²) < 4.78 is 5.37. The van der Waals surface area contributed by atoms with Gasteiger partial charge in [0.05, 0.1) is 0 Å². The summed E-state index contributed by atoms with van der Waals surface area (Å²) in [7, 11) is 0. The van der Waals surface area contributed by atoms with Crippen molar-refractivity contribution in [2.75, 3.05) is 0 Å². The van der Waals surface area contributed by atoms with E-state index < -0.39 is 17.5 Å². The van der Waals surface area contributed by atoms with Crippen LogP contribution in [0.15, 0.2) is 24.8 Å². The maximum atomic E-state index is 11.9. The van der Waals surface area contributed by atoms with Crippen LogP contribution in [0.2, 0.25) is 0 Å². The first-order valence-corrected chi connectivity index (χ1v) is 10.2. The standard InChI is InChI=1S/C22H39NO3/c1-5-8-9-10-11-12-13-14-15-16-17-18-19(4)22(7-3,21(23)25)26-20(24)6-2/h6,12-13,19H,2,5,7-11,14-18H2,1,3-4H3,(H2,23,25)/b13-12-. The molecule has 0 rings (SSSR count). The Bertz CT molecular complexity index is 445. The predicted octanol–water partition coefficient (Wildman–Crippen LogP) is 5.46.